The van der Waals surface area contributed by atoms with Crippen LogP contribution in [-0.2, 0) is 10.0 Å². The lowest BCUT2D eigenvalue weighted by molar-refractivity contribution is 0.395. The van der Waals surface area contributed by atoms with Crippen LogP contribution in [-0.4, -0.2) is 25.8 Å². The van der Waals surface area contributed by atoms with E-state index in [4.69, 9.17) is 0 Å². The van der Waals surface area contributed by atoms with Gasteiger partial charge in [0.1, 0.15) is 0 Å². The Kier molecular flexibility index (Phi) is 4.69. The van der Waals surface area contributed by atoms with Crippen LogP contribution >= 0.6 is 15.9 Å². The second kappa shape index (κ2) is 5.94. The van der Waals surface area contributed by atoms with E-state index in [0.717, 1.165) is 29.3 Å². The van der Waals surface area contributed by atoms with Crippen molar-refractivity contribution in [3.8, 4) is 0 Å². The van der Waals surface area contributed by atoms with Crippen LogP contribution in [0.25, 0.3) is 0 Å². The lowest BCUT2D eigenvalue weighted by Gasteiger charge is -2.21. The maximum atomic E-state index is 12.7. The van der Waals surface area contributed by atoms with Gasteiger partial charge in [0.05, 0.1) is 4.90 Å². The summed E-state index contributed by atoms with van der Waals surface area (Å²) in [5.74, 6) is 0.567. The number of rotatable bonds is 6. The van der Waals surface area contributed by atoms with E-state index < -0.39 is 10.0 Å². The summed E-state index contributed by atoms with van der Waals surface area (Å²) in [6.45, 7) is 5.20. The molecule has 0 spiro atoms. The number of nitrogens with zero attached hydrogens (tertiary/aromatic N) is 1. The molecule has 0 bridgehead atoms. The second-order valence-electron chi connectivity index (χ2n) is 5.22. The average Bonchev–Trinajstić information content (AvgIpc) is 3.16. The van der Waals surface area contributed by atoms with Crippen molar-refractivity contribution in [2.75, 3.05) is 13.1 Å². The van der Waals surface area contributed by atoms with E-state index in [1.54, 1.807) is 16.4 Å². The van der Waals surface area contributed by atoms with Gasteiger partial charge in [-0.3, -0.25) is 0 Å². The quantitative estimate of drug-likeness (QED) is 0.790. The molecule has 0 radical (unpaired) electrons. The van der Waals surface area contributed by atoms with Crippen molar-refractivity contribution in [1.29, 1.82) is 0 Å². The lowest BCUT2D eigenvalue weighted by Crippen LogP contribution is -2.33. The van der Waals surface area contributed by atoms with Crippen LogP contribution in [0.4, 0.5) is 0 Å². The molecule has 0 atom stereocenters. The first kappa shape index (κ1) is 15.0. The maximum Gasteiger partial charge on any atom is 0.243 e. The fraction of sp³-hybridized carbons (Fsp3) is 0.571. The first-order chi connectivity index (χ1) is 8.95. The van der Waals surface area contributed by atoms with Gasteiger partial charge < -0.3 is 0 Å². The van der Waals surface area contributed by atoms with E-state index in [9.17, 15) is 8.42 Å². The fourth-order valence-electron chi connectivity index (χ4n) is 2.07. The molecule has 19 heavy (non-hydrogen) atoms. The van der Waals surface area contributed by atoms with Gasteiger partial charge in [0.15, 0.2) is 0 Å². The normalized spacial score (nSPS) is 16.0. The largest absolute Gasteiger partial charge is 0.243 e. The van der Waals surface area contributed by atoms with Crippen LogP contribution in [0, 0.1) is 12.8 Å². The van der Waals surface area contributed by atoms with Crippen molar-refractivity contribution in [3.05, 3.63) is 28.2 Å². The van der Waals surface area contributed by atoms with Crippen molar-refractivity contribution in [2.45, 2.75) is 38.0 Å². The van der Waals surface area contributed by atoms with Gasteiger partial charge in [-0.1, -0.05) is 22.9 Å². The number of aryl methyl sites for hydroxylation is 1. The number of sulfonamides is 1. The zero-order valence-electron chi connectivity index (χ0n) is 11.4. The number of benzene rings is 1. The molecule has 0 N–H and O–H groups in total. The van der Waals surface area contributed by atoms with Crippen LogP contribution in [0.3, 0.4) is 0 Å². The summed E-state index contributed by atoms with van der Waals surface area (Å²) in [5, 5.41) is 0. The Balaban J connectivity index is 2.28. The summed E-state index contributed by atoms with van der Waals surface area (Å²) < 4.78 is 27.9. The van der Waals surface area contributed by atoms with E-state index in [0.29, 0.717) is 23.9 Å². The Morgan fingerprint density at radius 2 is 2.05 bits per heavy atom. The summed E-state index contributed by atoms with van der Waals surface area (Å²) in [7, 11) is -3.35. The van der Waals surface area contributed by atoms with E-state index in [1.807, 2.05) is 19.9 Å². The molecular formula is C14H20BrNO2S. The van der Waals surface area contributed by atoms with E-state index >= 15 is 0 Å². The van der Waals surface area contributed by atoms with E-state index in [-0.39, 0.29) is 0 Å². The molecule has 1 aliphatic rings. The van der Waals surface area contributed by atoms with Crippen molar-refractivity contribution in [2.24, 2.45) is 5.92 Å². The van der Waals surface area contributed by atoms with E-state index in [2.05, 4.69) is 15.9 Å². The van der Waals surface area contributed by atoms with Gasteiger partial charge in [0, 0.05) is 17.6 Å². The van der Waals surface area contributed by atoms with Gasteiger partial charge in [-0.2, -0.15) is 4.31 Å². The molecule has 106 valence electrons. The molecule has 0 amide bonds. The molecule has 0 aliphatic heterocycles. The molecule has 0 unspecified atom stereocenters. The molecule has 1 fully saturated rings. The summed E-state index contributed by atoms with van der Waals surface area (Å²) in [6, 6.07) is 5.24. The third-order valence-electron chi connectivity index (χ3n) is 3.40. The Morgan fingerprint density at radius 1 is 1.37 bits per heavy atom. The predicted octanol–water partition coefficient (Wildman–Crippen LogP) is 3.57. The topological polar surface area (TPSA) is 37.4 Å². The zero-order valence-corrected chi connectivity index (χ0v) is 13.8. The second-order valence-corrected chi connectivity index (χ2v) is 8.01. The molecular weight excluding hydrogens is 326 g/mol. The Morgan fingerprint density at radius 3 is 2.58 bits per heavy atom. The smallest absolute Gasteiger partial charge is 0.207 e. The first-order valence-electron chi connectivity index (χ1n) is 6.71. The molecule has 3 nitrogen and oxygen atoms in total. The van der Waals surface area contributed by atoms with Gasteiger partial charge in [-0.15, -0.1) is 0 Å². The summed E-state index contributed by atoms with van der Waals surface area (Å²) in [4.78, 5) is 0.405. The van der Waals surface area contributed by atoms with Gasteiger partial charge in [-0.25, -0.2) is 8.42 Å². The minimum absolute atomic E-state index is 0.405. The Hall–Kier alpha value is -0.390. The Bertz CT molecular complexity index is 553. The number of halogens is 1. The van der Waals surface area contributed by atoms with Crippen LogP contribution in [0.1, 0.15) is 31.7 Å². The molecule has 1 saturated carbocycles. The highest BCUT2D eigenvalue weighted by Crippen LogP contribution is 2.32. The third kappa shape index (κ3) is 3.58. The van der Waals surface area contributed by atoms with Crippen molar-refractivity contribution in [1.82, 2.24) is 4.31 Å². The van der Waals surface area contributed by atoms with Crippen LogP contribution in [0.5, 0.6) is 0 Å². The van der Waals surface area contributed by atoms with E-state index in [1.165, 1.54) is 0 Å². The standard InChI is InChI=1S/C14H20BrNO2S/c1-3-8-16(10-12-4-5-12)19(17,18)13-6-7-14(15)11(2)9-13/h6-7,9,12H,3-5,8,10H2,1-2H3. The molecule has 0 saturated heterocycles. The molecule has 1 aromatic rings. The maximum absolute atomic E-state index is 12.7. The molecule has 1 aromatic carbocycles. The van der Waals surface area contributed by atoms with Crippen LogP contribution in [0.15, 0.2) is 27.6 Å². The average molecular weight is 346 g/mol. The molecule has 5 heteroatoms. The van der Waals surface area contributed by atoms with Crippen LogP contribution in [0.2, 0.25) is 0 Å². The lowest BCUT2D eigenvalue weighted by atomic mass is 10.2. The Labute approximate surface area is 124 Å². The highest BCUT2D eigenvalue weighted by Gasteiger charge is 2.31. The number of hydrogen-bond acceptors (Lipinski definition) is 2. The number of hydrogen-bond donors (Lipinski definition) is 0. The van der Waals surface area contributed by atoms with Crippen LogP contribution < -0.4 is 0 Å². The minimum atomic E-state index is -3.35. The summed E-state index contributed by atoms with van der Waals surface area (Å²) in [6.07, 6.45) is 3.17. The monoisotopic (exact) mass is 345 g/mol. The summed E-state index contributed by atoms with van der Waals surface area (Å²) in [5.41, 5.74) is 0.948. The van der Waals surface area contributed by atoms with Crippen molar-refractivity contribution >= 4 is 26.0 Å². The summed E-state index contributed by atoms with van der Waals surface area (Å²) >= 11 is 3.41. The van der Waals surface area contributed by atoms with Gasteiger partial charge >= 0.3 is 0 Å². The van der Waals surface area contributed by atoms with Crippen molar-refractivity contribution < 1.29 is 8.42 Å². The van der Waals surface area contributed by atoms with Gasteiger partial charge in [0.2, 0.25) is 10.0 Å². The SMILES string of the molecule is CCCN(CC1CC1)S(=O)(=O)c1ccc(Br)c(C)c1. The first-order valence-corrected chi connectivity index (χ1v) is 8.94. The molecule has 1 aliphatic carbocycles. The van der Waals surface area contributed by atoms with Gasteiger partial charge in [0.25, 0.3) is 0 Å². The van der Waals surface area contributed by atoms with Crippen molar-refractivity contribution in [3.63, 3.8) is 0 Å². The highest BCUT2D eigenvalue weighted by atomic mass is 79.9. The fourth-order valence-corrected chi connectivity index (χ4v) is 4.01. The third-order valence-corrected chi connectivity index (χ3v) is 6.15. The highest BCUT2D eigenvalue weighted by molar-refractivity contribution is 9.10. The molecule has 2 rings (SSSR count). The molecule has 0 aromatic heterocycles. The molecule has 0 heterocycles. The minimum Gasteiger partial charge on any atom is -0.207 e. The van der Waals surface area contributed by atoms with Gasteiger partial charge in [-0.05, 0) is 55.9 Å². The predicted molar refractivity (Wildman–Crippen MR) is 80.7 cm³/mol. The zero-order chi connectivity index (χ0) is 14.0.